The molecule has 0 amide bonds. The number of fused-ring (bicyclic) bond motifs is 2. The molecule has 2 aliphatic heterocycles. The van der Waals surface area contributed by atoms with Crippen molar-refractivity contribution in [1.82, 2.24) is 9.62 Å². The van der Waals surface area contributed by atoms with Crippen molar-refractivity contribution < 1.29 is 31.5 Å². The summed E-state index contributed by atoms with van der Waals surface area (Å²) in [6.45, 7) is 8.52. The zero-order valence-electron chi connectivity index (χ0n) is 23.8. The van der Waals surface area contributed by atoms with Crippen LogP contribution in [0.4, 0.5) is 5.00 Å². The van der Waals surface area contributed by atoms with Crippen LogP contribution in [0.1, 0.15) is 50.3 Å². The standard InChI is InChI=1S/C28H36N4O7S3/c1-18(2)8-9-28(3)21-7-5-4-6-20(21)23(33)22(25(28)34)26-30-27-24(42(37,38)31-26)19(17-40-27)16-29-41(35,36)15-12-32-10-13-39-14-11-32/h4-7,17-18,29,33H,8-16H2,1-3H3,(H,30,31)/t28-/m1/s1. The summed E-state index contributed by atoms with van der Waals surface area (Å²) in [6, 6.07) is 7.10. The first-order valence-corrected chi connectivity index (χ1v) is 17.9. The molecule has 1 atom stereocenters. The number of hydrogen-bond donors (Lipinski definition) is 3. The Kier molecular flexibility index (Phi) is 8.67. The maximum absolute atomic E-state index is 14.0. The van der Waals surface area contributed by atoms with Gasteiger partial charge in [0.05, 0.1) is 24.4 Å². The van der Waals surface area contributed by atoms with Crippen LogP contribution in [0.25, 0.3) is 5.76 Å². The topological polar surface area (TPSA) is 154 Å². The highest BCUT2D eigenvalue weighted by Gasteiger charge is 2.46. The number of nitrogens with one attached hydrogen (secondary N) is 2. The Hall–Kier alpha value is -2.62. The first-order valence-electron chi connectivity index (χ1n) is 13.9. The Labute approximate surface area is 250 Å². The highest BCUT2D eigenvalue weighted by Crippen LogP contribution is 2.45. The van der Waals surface area contributed by atoms with E-state index in [1.54, 1.807) is 17.5 Å². The van der Waals surface area contributed by atoms with Crippen LogP contribution in [0.2, 0.25) is 0 Å². The van der Waals surface area contributed by atoms with Crippen LogP contribution < -0.4 is 10.0 Å². The minimum absolute atomic E-state index is 0.126. The number of anilines is 1. The summed E-state index contributed by atoms with van der Waals surface area (Å²) >= 11 is 1.07. The number of thiophene rings is 1. The number of carbonyl (C=O) groups is 1. The molecule has 1 aliphatic carbocycles. The molecule has 5 rings (SSSR count). The Bertz CT molecular complexity index is 1660. The predicted octanol–water partition coefficient (Wildman–Crippen LogP) is 3.26. The minimum atomic E-state index is -4.33. The van der Waals surface area contributed by atoms with Gasteiger partial charge in [0.15, 0.2) is 11.6 Å². The molecule has 14 heteroatoms. The van der Waals surface area contributed by atoms with E-state index in [9.17, 15) is 26.7 Å². The molecule has 3 aliphatic rings. The SMILES string of the molecule is CC(C)CC[C@@]1(C)C(=O)C(C2=NS(=O)(=O)c3c(CNS(=O)(=O)CCN4CCOCC4)csc3N2)=C(O)c2ccccc21. The monoisotopic (exact) mass is 636 g/mol. The molecule has 0 bridgehead atoms. The third-order valence-corrected chi connectivity index (χ3v) is 11.8. The average molecular weight is 637 g/mol. The van der Waals surface area contributed by atoms with Gasteiger partial charge in [-0.1, -0.05) is 38.1 Å². The molecule has 0 saturated carbocycles. The second-order valence-corrected chi connectivity index (χ2v) is 15.8. The van der Waals surface area contributed by atoms with E-state index < -0.39 is 31.2 Å². The molecule has 3 N–H and O–H groups in total. The number of aliphatic hydroxyl groups excluding tert-OH is 1. The summed E-state index contributed by atoms with van der Waals surface area (Å²) in [6.07, 6.45) is 1.26. The third kappa shape index (κ3) is 6.06. The van der Waals surface area contributed by atoms with E-state index in [1.807, 2.05) is 24.0 Å². The Balaban J connectivity index is 1.40. The van der Waals surface area contributed by atoms with Gasteiger partial charge in [-0.25, -0.2) is 13.1 Å². The lowest BCUT2D eigenvalue weighted by Crippen LogP contribution is -2.42. The van der Waals surface area contributed by atoms with Crippen LogP contribution in [-0.2, 0) is 41.5 Å². The van der Waals surface area contributed by atoms with E-state index >= 15 is 0 Å². The van der Waals surface area contributed by atoms with Gasteiger partial charge in [-0.15, -0.1) is 15.7 Å². The zero-order chi connectivity index (χ0) is 30.3. The summed E-state index contributed by atoms with van der Waals surface area (Å²) < 4.78 is 64.0. The van der Waals surface area contributed by atoms with E-state index in [0.29, 0.717) is 56.3 Å². The van der Waals surface area contributed by atoms with E-state index in [2.05, 4.69) is 28.3 Å². The van der Waals surface area contributed by atoms with Crippen LogP contribution >= 0.6 is 11.3 Å². The number of rotatable bonds is 10. The largest absolute Gasteiger partial charge is 0.506 e. The highest BCUT2D eigenvalue weighted by atomic mass is 32.2. The maximum Gasteiger partial charge on any atom is 0.287 e. The lowest BCUT2D eigenvalue weighted by molar-refractivity contribution is -0.120. The van der Waals surface area contributed by atoms with Crippen LogP contribution in [-0.4, -0.2) is 77.1 Å². The molecule has 42 heavy (non-hydrogen) atoms. The molecule has 3 heterocycles. The summed E-state index contributed by atoms with van der Waals surface area (Å²) in [5.41, 5.74) is 0.241. The van der Waals surface area contributed by atoms with Crippen LogP contribution in [0.5, 0.6) is 0 Å². The van der Waals surface area contributed by atoms with Crippen molar-refractivity contribution in [3.8, 4) is 0 Å². The number of amidine groups is 1. The second-order valence-electron chi connectivity index (χ2n) is 11.4. The Morgan fingerprint density at radius 3 is 2.67 bits per heavy atom. The molecule has 1 fully saturated rings. The molecule has 2 aromatic rings. The number of benzene rings is 1. The number of morpholine rings is 1. The van der Waals surface area contributed by atoms with Crippen LogP contribution in [0.15, 0.2) is 44.5 Å². The van der Waals surface area contributed by atoms with Gasteiger partial charge in [0.1, 0.15) is 21.2 Å². The number of ether oxygens (including phenoxy) is 1. The first-order chi connectivity index (χ1) is 19.8. The quantitative estimate of drug-likeness (QED) is 0.357. The number of carbonyl (C=O) groups excluding carboxylic acids is 1. The number of nitrogens with zero attached hydrogens (tertiary/aromatic N) is 2. The second kappa shape index (κ2) is 11.8. The van der Waals surface area contributed by atoms with Gasteiger partial charge in [0, 0.05) is 37.3 Å². The molecule has 1 aromatic carbocycles. The number of ketones is 1. The lowest BCUT2D eigenvalue weighted by Gasteiger charge is -2.36. The van der Waals surface area contributed by atoms with Crippen LogP contribution in [0.3, 0.4) is 0 Å². The molecular weight excluding hydrogens is 601 g/mol. The lowest BCUT2D eigenvalue weighted by atomic mass is 9.66. The molecule has 0 radical (unpaired) electrons. The van der Waals surface area contributed by atoms with Gasteiger partial charge < -0.3 is 15.2 Å². The molecule has 1 aromatic heterocycles. The summed E-state index contributed by atoms with van der Waals surface area (Å²) in [4.78, 5) is 15.9. The van der Waals surface area contributed by atoms with Crippen molar-refractivity contribution in [2.75, 3.05) is 43.9 Å². The van der Waals surface area contributed by atoms with Gasteiger partial charge in [-0.3, -0.25) is 9.69 Å². The van der Waals surface area contributed by atoms with E-state index in [0.717, 1.165) is 17.8 Å². The zero-order valence-corrected chi connectivity index (χ0v) is 26.3. The van der Waals surface area contributed by atoms with Gasteiger partial charge in [-0.05, 0) is 36.6 Å². The van der Waals surface area contributed by atoms with Gasteiger partial charge in [0.25, 0.3) is 10.0 Å². The fourth-order valence-corrected chi connectivity index (χ4v) is 9.09. The van der Waals surface area contributed by atoms with Crippen molar-refractivity contribution in [2.24, 2.45) is 10.3 Å². The van der Waals surface area contributed by atoms with Gasteiger partial charge in [0.2, 0.25) is 10.0 Å². The molecule has 1 saturated heterocycles. The van der Waals surface area contributed by atoms with Gasteiger partial charge >= 0.3 is 0 Å². The highest BCUT2D eigenvalue weighted by molar-refractivity contribution is 7.91. The molecule has 11 nitrogen and oxygen atoms in total. The number of Topliss-reactive ketones (excluding diaryl/α,β-unsaturated/α-hetero) is 1. The maximum atomic E-state index is 14.0. The molecular formula is C28H36N4O7S3. The predicted molar refractivity (Wildman–Crippen MR) is 163 cm³/mol. The van der Waals surface area contributed by atoms with Crippen molar-refractivity contribution in [3.05, 3.63) is 51.9 Å². The fourth-order valence-electron chi connectivity index (χ4n) is 5.47. The normalized spacial score (nSPS) is 22.5. The molecule has 228 valence electrons. The summed E-state index contributed by atoms with van der Waals surface area (Å²) in [7, 11) is -8.01. The molecule has 0 spiro atoms. The first kappa shape index (κ1) is 30.8. The molecule has 0 unspecified atom stereocenters. The number of hydrogen-bond acceptors (Lipinski definition) is 10. The van der Waals surface area contributed by atoms with Crippen molar-refractivity contribution in [2.45, 2.75) is 50.5 Å². The number of aliphatic hydroxyl groups is 1. The smallest absolute Gasteiger partial charge is 0.287 e. The Morgan fingerprint density at radius 1 is 1.24 bits per heavy atom. The Morgan fingerprint density at radius 2 is 1.95 bits per heavy atom. The third-order valence-electron chi connectivity index (χ3n) is 7.98. The minimum Gasteiger partial charge on any atom is -0.506 e. The van der Waals surface area contributed by atoms with Gasteiger partial charge in [-0.2, -0.15) is 8.42 Å². The van der Waals surface area contributed by atoms with E-state index in [4.69, 9.17) is 4.74 Å². The summed E-state index contributed by atoms with van der Waals surface area (Å²) in [5, 5.41) is 16.0. The van der Waals surface area contributed by atoms with Crippen molar-refractivity contribution in [1.29, 1.82) is 0 Å². The van der Waals surface area contributed by atoms with Crippen LogP contribution in [0, 0.1) is 5.92 Å². The van der Waals surface area contributed by atoms with E-state index in [1.165, 1.54) is 0 Å². The fraction of sp³-hybridized carbons (Fsp3) is 0.500. The average Bonchev–Trinajstić information content (AvgIpc) is 3.38. The number of sulfonamides is 2. The van der Waals surface area contributed by atoms with E-state index in [-0.39, 0.29) is 44.9 Å². The summed E-state index contributed by atoms with van der Waals surface area (Å²) in [5.74, 6) is -0.769. The van der Waals surface area contributed by atoms with Crippen molar-refractivity contribution in [3.63, 3.8) is 0 Å². The van der Waals surface area contributed by atoms with Crippen molar-refractivity contribution >= 4 is 53.8 Å².